The van der Waals surface area contributed by atoms with Gasteiger partial charge in [-0.1, -0.05) is 152 Å². The Kier molecular flexibility index (Phi) is 8.87. The summed E-state index contributed by atoms with van der Waals surface area (Å²) in [5.41, 5.74) is 14.1. The second-order valence-electron chi connectivity index (χ2n) is 15.6. The van der Waals surface area contributed by atoms with Crippen LogP contribution in [0.2, 0.25) is 0 Å². The Labute approximate surface area is 366 Å². The van der Waals surface area contributed by atoms with Gasteiger partial charge >= 0.3 is 0 Å². The number of thiophene rings is 2. The van der Waals surface area contributed by atoms with Gasteiger partial charge in [-0.15, -0.1) is 22.7 Å². The topological polar surface area (TPSA) is 38.7 Å². The van der Waals surface area contributed by atoms with Gasteiger partial charge in [0.2, 0.25) is 0 Å². The fourth-order valence-corrected chi connectivity index (χ4v) is 11.2. The summed E-state index contributed by atoms with van der Waals surface area (Å²) < 4.78 is 5.15. The standard InChI is InChI=1S/C57H35N3S2/c1-2-10-36(11-3-1)37-20-24-40(25-21-37)51-35-52(60-57(59-51)41-26-22-38(23-27-41)39-28-30-58-31-29-39)44-33-42(45-14-8-16-49-47-12-4-6-18-53(47)61-55(45)49)32-43(34-44)46-15-9-17-50-48-13-5-7-19-54(48)62-56(46)50/h1-35H. The maximum atomic E-state index is 5.41. The maximum absolute atomic E-state index is 5.41. The van der Waals surface area contributed by atoms with E-state index in [0.29, 0.717) is 5.82 Å². The Morgan fingerprint density at radius 1 is 0.290 bits per heavy atom. The lowest BCUT2D eigenvalue weighted by molar-refractivity contribution is 1.18. The van der Waals surface area contributed by atoms with Gasteiger partial charge in [-0.2, -0.15) is 0 Å². The quantitative estimate of drug-likeness (QED) is 0.161. The minimum atomic E-state index is 0.677. The Hall–Kier alpha value is -7.57. The summed E-state index contributed by atoms with van der Waals surface area (Å²) in [5, 5.41) is 5.14. The van der Waals surface area contributed by atoms with Crippen LogP contribution in [0.25, 0.3) is 119 Å². The molecule has 0 fully saturated rings. The number of fused-ring (bicyclic) bond motifs is 6. The molecule has 4 aromatic heterocycles. The van der Waals surface area contributed by atoms with Gasteiger partial charge in [-0.05, 0) is 93.0 Å². The van der Waals surface area contributed by atoms with Crippen molar-refractivity contribution in [3.8, 4) is 78.4 Å². The van der Waals surface area contributed by atoms with E-state index >= 15 is 0 Å². The van der Waals surface area contributed by atoms with E-state index in [1.54, 1.807) is 0 Å². The SMILES string of the molecule is c1ccc(-c2ccc(-c3cc(-c4cc(-c5cccc6c5sc5ccccc56)cc(-c5cccc6c5sc5ccccc56)c4)nc(-c4ccc(-c5ccncc5)cc4)n3)cc2)cc1. The Morgan fingerprint density at radius 3 is 1.31 bits per heavy atom. The van der Waals surface area contributed by atoms with Gasteiger partial charge in [0.1, 0.15) is 0 Å². The van der Waals surface area contributed by atoms with Crippen molar-refractivity contribution in [1.82, 2.24) is 15.0 Å². The van der Waals surface area contributed by atoms with Crippen LogP contribution in [0.4, 0.5) is 0 Å². The Bertz CT molecular complexity index is 3380. The van der Waals surface area contributed by atoms with E-state index in [0.717, 1.165) is 50.3 Å². The van der Waals surface area contributed by atoms with Crippen LogP contribution in [0.15, 0.2) is 213 Å². The minimum Gasteiger partial charge on any atom is -0.265 e. The molecule has 0 aliphatic heterocycles. The molecule has 0 N–H and O–H groups in total. The van der Waals surface area contributed by atoms with E-state index in [1.807, 2.05) is 47.2 Å². The molecule has 0 aliphatic rings. The fraction of sp³-hybridized carbons (Fsp3) is 0. The normalized spacial score (nSPS) is 11.5. The van der Waals surface area contributed by atoms with Crippen molar-refractivity contribution in [1.29, 1.82) is 0 Å². The molecule has 0 spiro atoms. The molecule has 0 atom stereocenters. The van der Waals surface area contributed by atoms with Crippen LogP contribution >= 0.6 is 22.7 Å². The monoisotopic (exact) mass is 825 g/mol. The number of rotatable bonds is 7. The van der Waals surface area contributed by atoms with Crippen LogP contribution in [0.3, 0.4) is 0 Å². The summed E-state index contributed by atoms with van der Waals surface area (Å²) in [4.78, 5) is 14.9. The summed E-state index contributed by atoms with van der Waals surface area (Å²) in [6.45, 7) is 0. The molecule has 62 heavy (non-hydrogen) atoms. The van der Waals surface area contributed by atoms with Crippen LogP contribution in [0.1, 0.15) is 0 Å². The molecule has 4 heterocycles. The molecule has 5 heteroatoms. The second kappa shape index (κ2) is 15.2. The molecule has 8 aromatic carbocycles. The first-order valence-electron chi connectivity index (χ1n) is 20.7. The molecule has 3 nitrogen and oxygen atoms in total. The van der Waals surface area contributed by atoms with Crippen molar-refractivity contribution in [2.45, 2.75) is 0 Å². The smallest absolute Gasteiger partial charge is 0.160 e. The molecule has 12 rings (SSSR count). The average Bonchev–Trinajstić information content (AvgIpc) is 3.93. The second-order valence-corrected chi connectivity index (χ2v) is 17.7. The van der Waals surface area contributed by atoms with Crippen molar-refractivity contribution < 1.29 is 0 Å². The first kappa shape index (κ1) is 36.3. The van der Waals surface area contributed by atoms with Gasteiger partial charge in [0, 0.05) is 69.4 Å². The third kappa shape index (κ3) is 6.47. The van der Waals surface area contributed by atoms with E-state index in [-0.39, 0.29) is 0 Å². The number of hydrogen-bond acceptors (Lipinski definition) is 5. The van der Waals surface area contributed by atoms with Gasteiger partial charge in [0.25, 0.3) is 0 Å². The van der Waals surface area contributed by atoms with Crippen molar-refractivity contribution in [3.63, 3.8) is 0 Å². The van der Waals surface area contributed by atoms with Crippen LogP contribution < -0.4 is 0 Å². The van der Waals surface area contributed by atoms with Crippen LogP contribution in [-0.4, -0.2) is 15.0 Å². The van der Waals surface area contributed by atoms with E-state index < -0.39 is 0 Å². The molecule has 0 amide bonds. The number of aromatic nitrogens is 3. The van der Waals surface area contributed by atoms with Gasteiger partial charge < -0.3 is 0 Å². The highest BCUT2D eigenvalue weighted by molar-refractivity contribution is 7.26. The molecular weight excluding hydrogens is 791 g/mol. The highest BCUT2D eigenvalue weighted by atomic mass is 32.1. The molecule has 0 bridgehead atoms. The summed E-state index contributed by atoms with van der Waals surface area (Å²) in [6, 6.07) is 72.0. The zero-order valence-corrected chi connectivity index (χ0v) is 35.0. The van der Waals surface area contributed by atoms with Gasteiger partial charge in [-0.25, -0.2) is 9.97 Å². The van der Waals surface area contributed by atoms with Gasteiger partial charge in [-0.3, -0.25) is 4.98 Å². The van der Waals surface area contributed by atoms with E-state index in [4.69, 9.17) is 9.97 Å². The van der Waals surface area contributed by atoms with Crippen molar-refractivity contribution >= 4 is 63.0 Å². The summed E-state index contributed by atoms with van der Waals surface area (Å²) in [6.07, 6.45) is 3.66. The van der Waals surface area contributed by atoms with Crippen LogP contribution in [-0.2, 0) is 0 Å². The predicted molar refractivity (Wildman–Crippen MR) is 264 cm³/mol. The van der Waals surface area contributed by atoms with E-state index in [1.165, 1.54) is 62.6 Å². The highest BCUT2D eigenvalue weighted by Gasteiger charge is 2.18. The molecule has 0 saturated heterocycles. The first-order chi connectivity index (χ1) is 30.7. The molecule has 0 aliphatic carbocycles. The summed E-state index contributed by atoms with van der Waals surface area (Å²) in [7, 11) is 0. The Morgan fingerprint density at radius 2 is 0.726 bits per heavy atom. The average molecular weight is 826 g/mol. The van der Waals surface area contributed by atoms with Crippen molar-refractivity contribution in [2.24, 2.45) is 0 Å². The zero-order valence-electron chi connectivity index (χ0n) is 33.4. The van der Waals surface area contributed by atoms with Crippen LogP contribution in [0.5, 0.6) is 0 Å². The van der Waals surface area contributed by atoms with Crippen molar-refractivity contribution in [3.05, 3.63) is 213 Å². The van der Waals surface area contributed by atoms with E-state index in [2.05, 4.69) is 193 Å². The summed E-state index contributed by atoms with van der Waals surface area (Å²) in [5.74, 6) is 0.677. The third-order valence-electron chi connectivity index (χ3n) is 11.8. The number of nitrogens with zero attached hydrogens (tertiary/aromatic N) is 3. The fourth-order valence-electron chi connectivity index (χ4n) is 8.73. The maximum Gasteiger partial charge on any atom is 0.160 e. The van der Waals surface area contributed by atoms with Crippen LogP contribution in [0, 0.1) is 0 Å². The number of hydrogen-bond donors (Lipinski definition) is 0. The van der Waals surface area contributed by atoms with Gasteiger partial charge in [0.05, 0.1) is 11.4 Å². The molecular formula is C57H35N3S2. The number of pyridine rings is 1. The summed E-state index contributed by atoms with van der Waals surface area (Å²) >= 11 is 3.73. The molecule has 12 aromatic rings. The number of benzene rings is 8. The first-order valence-corrected chi connectivity index (χ1v) is 22.4. The third-order valence-corrected chi connectivity index (χ3v) is 14.3. The lowest BCUT2D eigenvalue weighted by Crippen LogP contribution is -1.97. The lowest BCUT2D eigenvalue weighted by Gasteiger charge is -2.14. The zero-order chi connectivity index (χ0) is 41.0. The van der Waals surface area contributed by atoms with Crippen molar-refractivity contribution in [2.75, 3.05) is 0 Å². The largest absolute Gasteiger partial charge is 0.265 e. The molecule has 290 valence electrons. The Balaban J connectivity index is 1.08. The molecule has 0 saturated carbocycles. The minimum absolute atomic E-state index is 0.677. The molecule has 0 unspecified atom stereocenters. The van der Waals surface area contributed by atoms with Gasteiger partial charge in [0.15, 0.2) is 5.82 Å². The highest BCUT2D eigenvalue weighted by Crippen LogP contribution is 2.45. The predicted octanol–water partition coefficient (Wildman–Crippen LogP) is 16.3. The lowest BCUT2D eigenvalue weighted by atomic mass is 9.93. The van der Waals surface area contributed by atoms with E-state index in [9.17, 15) is 0 Å². The molecule has 0 radical (unpaired) electrons.